The van der Waals surface area contributed by atoms with Crippen LogP contribution in [0.1, 0.15) is 32.3 Å². The van der Waals surface area contributed by atoms with Gasteiger partial charge in [0.05, 0.1) is 5.56 Å². The molecule has 0 saturated heterocycles. The Morgan fingerprint density at radius 3 is 2.71 bits per heavy atom. The van der Waals surface area contributed by atoms with Crippen LogP contribution in [0, 0.1) is 0 Å². The van der Waals surface area contributed by atoms with Gasteiger partial charge in [-0.05, 0) is 13.3 Å². The first kappa shape index (κ1) is 11.8. The van der Waals surface area contributed by atoms with Gasteiger partial charge in [-0.1, -0.05) is 13.3 Å². The molecule has 1 aliphatic heterocycles. The van der Waals surface area contributed by atoms with Crippen LogP contribution in [0.2, 0.25) is 0 Å². The molecule has 0 spiro atoms. The number of hydrogen-bond acceptors (Lipinski definition) is 3. The molecule has 92 valence electrons. The normalized spacial score (nSPS) is 13.7. The molecule has 0 fully saturated rings. The molecule has 5 heteroatoms. The van der Waals surface area contributed by atoms with Gasteiger partial charge in [-0.25, -0.2) is 9.79 Å². The first-order chi connectivity index (χ1) is 8.06. The van der Waals surface area contributed by atoms with Crippen molar-refractivity contribution < 1.29 is 0 Å². The Morgan fingerprint density at radius 2 is 2.06 bits per heavy atom. The van der Waals surface area contributed by atoms with Crippen LogP contribution in [0.4, 0.5) is 5.82 Å². The maximum absolute atomic E-state index is 12.0. The van der Waals surface area contributed by atoms with Crippen LogP contribution in [0.25, 0.3) is 0 Å². The summed E-state index contributed by atoms with van der Waals surface area (Å²) in [4.78, 5) is 28.3. The molecule has 2 rings (SSSR count). The van der Waals surface area contributed by atoms with Gasteiger partial charge in [-0.15, -0.1) is 0 Å². The minimum atomic E-state index is -0.263. The van der Waals surface area contributed by atoms with E-state index in [1.165, 1.54) is 11.6 Å². The molecular weight excluding hydrogens is 218 g/mol. The van der Waals surface area contributed by atoms with Gasteiger partial charge >= 0.3 is 5.69 Å². The highest BCUT2D eigenvalue weighted by atomic mass is 16.2. The SMILES string of the molecule is CCCCn1c2c(c(=O)n(C)c1=O)CC(C)=N2. The fourth-order valence-corrected chi connectivity index (χ4v) is 2.10. The van der Waals surface area contributed by atoms with Crippen LogP contribution in [0.3, 0.4) is 0 Å². The number of aromatic nitrogens is 2. The molecular formula is C12H17N3O2. The predicted molar refractivity (Wildman–Crippen MR) is 67.3 cm³/mol. The van der Waals surface area contributed by atoms with Gasteiger partial charge in [-0.3, -0.25) is 13.9 Å². The molecule has 0 radical (unpaired) electrons. The molecule has 0 bridgehead atoms. The lowest BCUT2D eigenvalue weighted by Crippen LogP contribution is -2.39. The van der Waals surface area contributed by atoms with Gasteiger partial charge in [0.2, 0.25) is 0 Å². The standard InChI is InChI=1S/C12H17N3O2/c1-4-5-6-15-10-9(7-8(2)13-10)11(16)14(3)12(15)17/h4-7H2,1-3H3. The monoisotopic (exact) mass is 235 g/mol. The minimum absolute atomic E-state index is 0.210. The zero-order chi connectivity index (χ0) is 12.6. The molecule has 0 saturated carbocycles. The van der Waals surface area contributed by atoms with Crippen molar-refractivity contribution in [3.05, 3.63) is 26.4 Å². The number of aliphatic imine (C=N–C) groups is 1. The lowest BCUT2D eigenvalue weighted by molar-refractivity contribution is 0.568. The topological polar surface area (TPSA) is 56.4 Å². The molecule has 0 aliphatic carbocycles. The lowest BCUT2D eigenvalue weighted by Gasteiger charge is -2.11. The Kier molecular flexibility index (Phi) is 3.00. The minimum Gasteiger partial charge on any atom is -0.278 e. The molecule has 17 heavy (non-hydrogen) atoms. The van der Waals surface area contributed by atoms with Gasteiger partial charge in [0.15, 0.2) is 0 Å². The van der Waals surface area contributed by atoms with Crippen LogP contribution in [0.15, 0.2) is 14.6 Å². The maximum atomic E-state index is 12.0. The van der Waals surface area contributed by atoms with Gasteiger partial charge < -0.3 is 0 Å². The van der Waals surface area contributed by atoms with E-state index < -0.39 is 0 Å². The molecule has 1 aromatic heterocycles. The molecule has 0 aromatic carbocycles. The molecule has 0 N–H and O–H groups in total. The van der Waals surface area contributed by atoms with E-state index >= 15 is 0 Å². The summed E-state index contributed by atoms with van der Waals surface area (Å²) in [5.41, 5.74) is 1.08. The van der Waals surface area contributed by atoms with Crippen LogP contribution in [0.5, 0.6) is 0 Å². The Morgan fingerprint density at radius 1 is 1.35 bits per heavy atom. The molecule has 0 atom stereocenters. The highest BCUT2D eigenvalue weighted by Gasteiger charge is 2.21. The van der Waals surface area contributed by atoms with Crippen molar-refractivity contribution in [2.45, 2.75) is 39.7 Å². The van der Waals surface area contributed by atoms with Crippen molar-refractivity contribution in [1.29, 1.82) is 0 Å². The molecule has 1 aromatic rings. The van der Waals surface area contributed by atoms with E-state index in [0.29, 0.717) is 24.3 Å². The second kappa shape index (κ2) is 4.31. The zero-order valence-electron chi connectivity index (χ0n) is 10.5. The first-order valence-corrected chi connectivity index (χ1v) is 5.93. The Balaban J connectivity index is 2.66. The highest BCUT2D eigenvalue weighted by Crippen LogP contribution is 2.22. The largest absolute Gasteiger partial charge is 0.332 e. The van der Waals surface area contributed by atoms with Crippen molar-refractivity contribution in [2.75, 3.05) is 0 Å². The van der Waals surface area contributed by atoms with Crippen molar-refractivity contribution in [3.8, 4) is 0 Å². The third kappa shape index (κ3) is 1.85. The summed E-state index contributed by atoms with van der Waals surface area (Å²) in [6, 6.07) is 0. The van der Waals surface area contributed by atoms with E-state index in [4.69, 9.17) is 0 Å². The average Bonchev–Trinajstić information content (AvgIpc) is 2.68. The highest BCUT2D eigenvalue weighted by molar-refractivity contribution is 5.91. The summed E-state index contributed by atoms with van der Waals surface area (Å²) < 4.78 is 2.80. The van der Waals surface area contributed by atoms with Crippen LogP contribution in [-0.2, 0) is 20.0 Å². The number of hydrogen-bond donors (Lipinski definition) is 0. The quantitative estimate of drug-likeness (QED) is 0.784. The fraction of sp³-hybridized carbons (Fsp3) is 0.583. The summed E-state index contributed by atoms with van der Waals surface area (Å²) in [6.45, 7) is 4.58. The van der Waals surface area contributed by atoms with Crippen molar-refractivity contribution in [3.63, 3.8) is 0 Å². The van der Waals surface area contributed by atoms with Gasteiger partial charge in [0.25, 0.3) is 5.56 Å². The van der Waals surface area contributed by atoms with E-state index in [0.717, 1.165) is 18.6 Å². The van der Waals surface area contributed by atoms with Crippen molar-refractivity contribution in [2.24, 2.45) is 12.0 Å². The Bertz CT molecular complexity index is 593. The number of rotatable bonds is 3. The van der Waals surface area contributed by atoms with E-state index in [1.54, 1.807) is 4.57 Å². The average molecular weight is 235 g/mol. The molecule has 1 aliphatic rings. The second-order valence-corrected chi connectivity index (χ2v) is 4.48. The van der Waals surface area contributed by atoms with Crippen molar-refractivity contribution in [1.82, 2.24) is 9.13 Å². The summed E-state index contributed by atoms with van der Waals surface area (Å²) in [5.74, 6) is 0.573. The van der Waals surface area contributed by atoms with Crippen LogP contribution in [-0.4, -0.2) is 14.8 Å². The van der Waals surface area contributed by atoms with Crippen LogP contribution < -0.4 is 11.2 Å². The van der Waals surface area contributed by atoms with Crippen LogP contribution >= 0.6 is 0 Å². The zero-order valence-corrected chi connectivity index (χ0v) is 10.5. The molecule has 0 amide bonds. The summed E-state index contributed by atoms with van der Waals surface area (Å²) in [5, 5.41) is 0. The lowest BCUT2D eigenvalue weighted by atomic mass is 10.2. The summed E-state index contributed by atoms with van der Waals surface area (Å²) in [7, 11) is 1.53. The fourth-order valence-electron chi connectivity index (χ4n) is 2.10. The molecule has 0 unspecified atom stereocenters. The number of nitrogens with zero attached hydrogens (tertiary/aromatic N) is 3. The first-order valence-electron chi connectivity index (χ1n) is 5.93. The summed E-state index contributed by atoms with van der Waals surface area (Å²) in [6.07, 6.45) is 2.49. The second-order valence-electron chi connectivity index (χ2n) is 4.48. The van der Waals surface area contributed by atoms with E-state index in [9.17, 15) is 9.59 Å². The third-order valence-corrected chi connectivity index (χ3v) is 3.07. The number of unbranched alkanes of at least 4 members (excludes halogenated alkanes) is 1. The van der Waals surface area contributed by atoms with Crippen molar-refractivity contribution >= 4 is 11.5 Å². The van der Waals surface area contributed by atoms with Gasteiger partial charge in [0, 0.05) is 25.7 Å². The van der Waals surface area contributed by atoms with Gasteiger partial charge in [0.1, 0.15) is 5.82 Å². The van der Waals surface area contributed by atoms with E-state index in [2.05, 4.69) is 11.9 Å². The number of fused-ring (bicyclic) bond motifs is 1. The molecule has 2 heterocycles. The van der Waals surface area contributed by atoms with Gasteiger partial charge in [-0.2, -0.15) is 0 Å². The Labute approximate surface area is 99.4 Å². The maximum Gasteiger partial charge on any atom is 0.332 e. The third-order valence-electron chi connectivity index (χ3n) is 3.07. The smallest absolute Gasteiger partial charge is 0.278 e. The summed E-state index contributed by atoms with van der Waals surface area (Å²) >= 11 is 0. The predicted octanol–water partition coefficient (Wildman–Crippen LogP) is 0.996. The van der Waals surface area contributed by atoms with E-state index in [-0.39, 0.29) is 11.2 Å². The Hall–Kier alpha value is -1.65. The molecule has 5 nitrogen and oxygen atoms in total. The van der Waals surface area contributed by atoms with E-state index in [1.807, 2.05) is 6.92 Å².